The molecule has 0 spiro atoms. The van der Waals surface area contributed by atoms with Crippen molar-refractivity contribution < 1.29 is 39.5 Å². The lowest BCUT2D eigenvalue weighted by molar-refractivity contribution is -0.0178. The molecule has 0 aliphatic carbocycles. The SMILES string of the molecule is CCC(CO)(CO)COC(=O)c1ccc(C(=O)O)cc1C(=O)O. The van der Waals surface area contributed by atoms with Crippen LogP contribution in [0.15, 0.2) is 18.2 Å². The Bertz CT molecular complexity index is 595. The van der Waals surface area contributed by atoms with Gasteiger partial charge in [0.15, 0.2) is 0 Å². The summed E-state index contributed by atoms with van der Waals surface area (Å²) < 4.78 is 4.99. The van der Waals surface area contributed by atoms with Gasteiger partial charge in [0.25, 0.3) is 0 Å². The zero-order chi connectivity index (χ0) is 17.6. The van der Waals surface area contributed by atoms with Gasteiger partial charge < -0.3 is 25.2 Å². The summed E-state index contributed by atoms with van der Waals surface area (Å²) in [4.78, 5) is 34.1. The third-order valence-electron chi connectivity index (χ3n) is 3.65. The first-order valence-corrected chi connectivity index (χ1v) is 6.79. The molecule has 0 saturated heterocycles. The summed E-state index contributed by atoms with van der Waals surface area (Å²) in [6, 6.07) is 3.02. The lowest BCUT2D eigenvalue weighted by Gasteiger charge is -2.27. The van der Waals surface area contributed by atoms with E-state index in [-0.39, 0.29) is 17.7 Å². The molecule has 0 fully saturated rings. The van der Waals surface area contributed by atoms with Crippen molar-refractivity contribution in [3.63, 3.8) is 0 Å². The van der Waals surface area contributed by atoms with Crippen LogP contribution in [-0.2, 0) is 4.74 Å². The molecule has 1 rings (SSSR count). The van der Waals surface area contributed by atoms with E-state index in [0.717, 1.165) is 18.2 Å². The minimum Gasteiger partial charge on any atom is -0.478 e. The second-order valence-corrected chi connectivity index (χ2v) is 5.12. The van der Waals surface area contributed by atoms with Crippen LogP contribution in [0.2, 0.25) is 0 Å². The maximum atomic E-state index is 12.0. The zero-order valence-electron chi connectivity index (χ0n) is 12.5. The predicted molar refractivity (Wildman–Crippen MR) is 77.5 cm³/mol. The first-order valence-electron chi connectivity index (χ1n) is 6.79. The highest BCUT2D eigenvalue weighted by Gasteiger charge is 2.30. The summed E-state index contributed by atoms with van der Waals surface area (Å²) in [5.74, 6) is -3.76. The van der Waals surface area contributed by atoms with Gasteiger partial charge in [-0.15, -0.1) is 0 Å². The van der Waals surface area contributed by atoms with Crippen molar-refractivity contribution in [3.8, 4) is 0 Å². The molecule has 0 atom stereocenters. The normalized spacial score (nSPS) is 11.1. The van der Waals surface area contributed by atoms with Gasteiger partial charge in [-0.05, 0) is 24.6 Å². The number of esters is 1. The third kappa shape index (κ3) is 4.27. The predicted octanol–water partition coefficient (Wildman–Crippen LogP) is 0.621. The first kappa shape index (κ1) is 18.6. The van der Waals surface area contributed by atoms with Crippen LogP contribution in [0.1, 0.15) is 44.4 Å². The van der Waals surface area contributed by atoms with Crippen molar-refractivity contribution in [2.24, 2.45) is 5.41 Å². The fourth-order valence-electron chi connectivity index (χ4n) is 1.80. The van der Waals surface area contributed by atoms with Crippen LogP contribution < -0.4 is 0 Å². The smallest absolute Gasteiger partial charge is 0.339 e. The quantitative estimate of drug-likeness (QED) is 0.509. The second-order valence-electron chi connectivity index (χ2n) is 5.12. The molecule has 0 bridgehead atoms. The molecule has 8 nitrogen and oxygen atoms in total. The number of hydrogen-bond acceptors (Lipinski definition) is 6. The van der Waals surface area contributed by atoms with Crippen molar-refractivity contribution >= 4 is 17.9 Å². The van der Waals surface area contributed by atoms with Gasteiger partial charge in [-0.25, -0.2) is 14.4 Å². The minimum absolute atomic E-state index is 0.271. The Labute approximate surface area is 131 Å². The Morgan fingerprint density at radius 3 is 2.09 bits per heavy atom. The van der Waals surface area contributed by atoms with Crippen LogP contribution in [0.25, 0.3) is 0 Å². The molecule has 1 aromatic carbocycles. The number of ether oxygens (including phenoxy) is 1. The third-order valence-corrected chi connectivity index (χ3v) is 3.65. The maximum absolute atomic E-state index is 12.0. The number of carbonyl (C=O) groups excluding carboxylic acids is 1. The molecule has 23 heavy (non-hydrogen) atoms. The molecule has 0 heterocycles. The second kappa shape index (κ2) is 7.70. The van der Waals surface area contributed by atoms with Gasteiger partial charge in [-0.2, -0.15) is 0 Å². The molecule has 4 N–H and O–H groups in total. The van der Waals surface area contributed by atoms with Crippen LogP contribution in [-0.4, -0.2) is 58.2 Å². The number of aliphatic hydroxyl groups is 2. The van der Waals surface area contributed by atoms with Gasteiger partial charge >= 0.3 is 17.9 Å². The summed E-state index contributed by atoms with van der Waals surface area (Å²) in [7, 11) is 0. The first-order chi connectivity index (χ1) is 10.8. The van der Waals surface area contributed by atoms with Gasteiger partial charge in [0.05, 0.1) is 35.3 Å². The fourth-order valence-corrected chi connectivity index (χ4v) is 1.80. The number of carbonyl (C=O) groups is 3. The fraction of sp³-hybridized carbons (Fsp3) is 0.400. The van der Waals surface area contributed by atoms with Gasteiger partial charge in [0.2, 0.25) is 0 Å². The standard InChI is InChI=1S/C15H18O8/c1-2-15(6-16,7-17)8-23-14(22)10-4-3-9(12(18)19)5-11(10)13(20)21/h3-5,16-17H,2,6-8H2,1H3,(H,18,19)(H,20,21). The minimum atomic E-state index is -1.47. The van der Waals surface area contributed by atoms with E-state index in [0.29, 0.717) is 6.42 Å². The summed E-state index contributed by atoms with van der Waals surface area (Å²) >= 11 is 0. The van der Waals surface area contributed by atoms with Gasteiger partial charge in [-0.3, -0.25) is 0 Å². The number of aromatic carboxylic acids is 2. The van der Waals surface area contributed by atoms with E-state index < -0.39 is 42.1 Å². The Kier molecular flexibility index (Phi) is 6.23. The zero-order valence-corrected chi connectivity index (χ0v) is 12.5. The molecule has 126 valence electrons. The molecule has 0 unspecified atom stereocenters. The van der Waals surface area contributed by atoms with Crippen molar-refractivity contribution in [2.45, 2.75) is 13.3 Å². The summed E-state index contributed by atoms with van der Waals surface area (Å²) in [5, 5.41) is 36.5. The molecular formula is C15H18O8. The van der Waals surface area contributed by atoms with Gasteiger partial charge in [-0.1, -0.05) is 6.92 Å². The number of carboxylic acid groups (broad SMARTS) is 2. The Hall–Kier alpha value is -2.45. The summed E-state index contributed by atoms with van der Waals surface area (Å²) in [5.41, 5.74) is -2.08. The monoisotopic (exact) mass is 326 g/mol. The lowest BCUT2D eigenvalue weighted by Crippen LogP contribution is -2.35. The molecular weight excluding hydrogens is 308 g/mol. The van der Waals surface area contributed by atoms with Crippen molar-refractivity contribution in [1.82, 2.24) is 0 Å². The van der Waals surface area contributed by atoms with Crippen LogP contribution in [0.5, 0.6) is 0 Å². The Balaban J connectivity index is 3.04. The van der Waals surface area contributed by atoms with Crippen molar-refractivity contribution in [3.05, 3.63) is 34.9 Å². The summed E-state index contributed by atoms with van der Waals surface area (Å²) in [6.45, 7) is 0.591. The maximum Gasteiger partial charge on any atom is 0.339 e. The highest BCUT2D eigenvalue weighted by atomic mass is 16.5. The number of aliphatic hydroxyl groups excluding tert-OH is 2. The average Bonchev–Trinajstić information content (AvgIpc) is 2.55. The molecule has 0 saturated carbocycles. The number of rotatable bonds is 8. The van der Waals surface area contributed by atoms with Crippen LogP contribution in [0.3, 0.4) is 0 Å². The van der Waals surface area contributed by atoms with Crippen molar-refractivity contribution in [1.29, 1.82) is 0 Å². The molecule has 0 radical (unpaired) electrons. The van der Waals surface area contributed by atoms with Crippen LogP contribution in [0, 0.1) is 5.41 Å². The average molecular weight is 326 g/mol. The van der Waals surface area contributed by atoms with E-state index in [1.165, 1.54) is 0 Å². The molecule has 0 aliphatic rings. The van der Waals surface area contributed by atoms with E-state index in [9.17, 15) is 24.6 Å². The highest BCUT2D eigenvalue weighted by Crippen LogP contribution is 2.22. The van der Waals surface area contributed by atoms with E-state index >= 15 is 0 Å². The number of benzene rings is 1. The molecule has 0 aliphatic heterocycles. The van der Waals surface area contributed by atoms with E-state index in [2.05, 4.69) is 0 Å². The number of carboxylic acids is 2. The molecule has 8 heteroatoms. The topological polar surface area (TPSA) is 141 Å². The number of hydrogen-bond donors (Lipinski definition) is 4. The van der Waals surface area contributed by atoms with Gasteiger partial charge in [0.1, 0.15) is 6.61 Å². The molecule has 0 aromatic heterocycles. The molecule has 0 amide bonds. The van der Waals surface area contributed by atoms with Crippen molar-refractivity contribution in [2.75, 3.05) is 19.8 Å². The van der Waals surface area contributed by atoms with E-state index in [4.69, 9.17) is 14.9 Å². The molecule has 1 aromatic rings. The van der Waals surface area contributed by atoms with Crippen LogP contribution >= 0.6 is 0 Å². The lowest BCUT2D eigenvalue weighted by atomic mass is 9.88. The largest absolute Gasteiger partial charge is 0.478 e. The van der Waals surface area contributed by atoms with Crippen LogP contribution in [0.4, 0.5) is 0 Å². The van der Waals surface area contributed by atoms with E-state index in [1.807, 2.05) is 0 Å². The van der Waals surface area contributed by atoms with E-state index in [1.54, 1.807) is 6.92 Å². The Morgan fingerprint density at radius 2 is 1.65 bits per heavy atom. The van der Waals surface area contributed by atoms with Gasteiger partial charge in [0, 0.05) is 0 Å². The Morgan fingerprint density at radius 1 is 1.04 bits per heavy atom. The summed E-state index contributed by atoms with van der Waals surface area (Å²) in [6.07, 6.45) is 0.344. The highest BCUT2D eigenvalue weighted by molar-refractivity contribution is 6.04.